The summed E-state index contributed by atoms with van der Waals surface area (Å²) in [5, 5.41) is 6.12. The van der Waals surface area contributed by atoms with Gasteiger partial charge in [-0.15, -0.1) is 0 Å². The van der Waals surface area contributed by atoms with Crippen LogP contribution in [0.15, 0.2) is 0 Å². The smallest absolute Gasteiger partial charge is 0.318 e. The van der Waals surface area contributed by atoms with E-state index < -0.39 is 0 Å². The van der Waals surface area contributed by atoms with Crippen molar-refractivity contribution in [1.29, 1.82) is 0 Å². The zero-order valence-corrected chi connectivity index (χ0v) is 15.2. The number of carbonyl (C=O) groups excluding carboxylic acids is 2. The van der Waals surface area contributed by atoms with E-state index in [4.69, 9.17) is 0 Å². The van der Waals surface area contributed by atoms with Crippen molar-refractivity contribution in [3.8, 4) is 0 Å². The summed E-state index contributed by atoms with van der Waals surface area (Å²) < 4.78 is 0. The van der Waals surface area contributed by atoms with Gasteiger partial charge < -0.3 is 20.4 Å². The summed E-state index contributed by atoms with van der Waals surface area (Å²) in [5.74, 6) is 0.0142. The summed E-state index contributed by atoms with van der Waals surface area (Å²) >= 11 is 0. The highest BCUT2D eigenvalue weighted by molar-refractivity contribution is 5.88. The van der Waals surface area contributed by atoms with Crippen LogP contribution in [0.2, 0.25) is 0 Å². The van der Waals surface area contributed by atoms with Gasteiger partial charge in [-0.2, -0.15) is 0 Å². The summed E-state index contributed by atoms with van der Waals surface area (Å²) in [6.07, 6.45) is 3.80. The van der Waals surface area contributed by atoms with Crippen LogP contribution in [0.1, 0.15) is 46.5 Å². The first-order valence-electron chi connectivity index (χ1n) is 8.73. The molecule has 1 heterocycles. The van der Waals surface area contributed by atoms with Crippen LogP contribution in [-0.4, -0.2) is 67.0 Å². The highest BCUT2D eigenvalue weighted by Crippen LogP contribution is 2.24. The monoisotopic (exact) mass is 324 g/mol. The van der Waals surface area contributed by atoms with E-state index in [0.29, 0.717) is 12.6 Å². The molecule has 1 aliphatic heterocycles. The lowest BCUT2D eigenvalue weighted by molar-refractivity contribution is -0.124. The average Bonchev–Trinajstić information content (AvgIpc) is 3.09. The number of rotatable bonds is 6. The molecule has 2 atom stereocenters. The maximum Gasteiger partial charge on any atom is 0.318 e. The van der Waals surface area contributed by atoms with E-state index in [2.05, 4.69) is 29.4 Å². The van der Waals surface area contributed by atoms with Gasteiger partial charge in [0, 0.05) is 25.2 Å². The van der Waals surface area contributed by atoms with Crippen molar-refractivity contribution in [1.82, 2.24) is 20.4 Å². The fraction of sp³-hybridized carbons (Fsp3) is 0.882. The number of amides is 3. The summed E-state index contributed by atoms with van der Waals surface area (Å²) in [7, 11) is 4.07. The third-order valence-corrected chi connectivity index (χ3v) is 4.98. The van der Waals surface area contributed by atoms with Crippen molar-refractivity contribution in [2.75, 3.05) is 27.2 Å². The molecule has 6 nitrogen and oxygen atoms in total. The maximum atomic E-state index is 12.6. The van der Waals surface area contributed by atoms with E-state index in [-0.39, 0.29) is 29.4 Å². The van der Waals surface area contributed by atoms with Crippen molar-refractivity contribution in [2.24, 2.45) is 5.41 Å². The fourth-order valence-corrected chi connectivity index (χ4v) is 3.22. The van der Waals surface area contributed by atoms with Crippen LogP contribution in [-0.2, 0) is 4.79 Å². The van der Waals surface area contributed by atoms with Crippen molar-refractivity contribution >= 4 is 11.9 Å². The van der Waals surface area contributed by atoms with Gasteiger partial charge in [0.05, 0.1) is 0 Å². The van der Waals surface area contributed by atoms with E-state index in [1.54, 1.807) is 4.90 Å². The molecular formula is C17H32N4O2. The lowest BCUT2D eigenvalue weighted by Crippen LogP contribution is -2.55. The van der Waals surface area contributed by atoms with E-state index in [1.807, 2.05) is 21.0 Å². The van der Waals surface area contributed by atoms with Gasteiger partial charge in [0.25, 0.3) is 0 Å². The molecule has 0 spiro atoms. The number of likely N-dealkylation sites (tertiary alicyclic amines) is 1. The van der Waals surface area contributed by atoms with Gasteiger partial charge in [0.2, 0.25) is 5.91 Å². The van der Waals surface area contributed by atoms with Crippen molar-refractivity contribution in [3.05, 3.63) is 0 Å². The van der Waals surface area contributed by atoms with Crippen LogP contribution in [0, 0.1) is 5.41 Å². The second-order valence-electron chi connectivity index (χ2n) is 8.03. The molecule has 6 heteroatoms. The summed E-state index contributed by atoms with van der Waals surface area (Å²) in [6, 6.07) is -0.0476. The molecule has 3 amide bonds. The minimum absolute atomic E-state index is 0.0142. The van der Waals surface area contributed by atoms with E-state index >= 15 is 0 Å². The van der Waals surface area contributed by atoms with E-state index in [1.165, 1.54) is 0 Å². The Labute approximate surface area is 140 Å². The molecule has 1 aliphatic carbocycles. The van der Waals surface area contributed by atoms with Crippen LogP contribution >= 0.6 is 0 Å². The predicted octanol–water partition coefficient (Wildman–Crippen LogP) is 1.42. The molecule has 0 unspecified atom stereocenters. The average molecular weight is 324 g/mol. The van der Waals surface area contributed by atoms with Crippen molar-refractivity contribution < 1.29 is 9.59 Å². The molecule has 0 radical (unpaired) electrons. The van der Waals surface area contributed by atoms with Crippen LogP contribution in [0.5, 0.6) is 0 Å². The maximum absolute atomic E-state index is 12.6. The minimum Gasteiger partial charge on any atom is -0.352 e. The van der Waals surface area contributed by atoms with Gasteiger partial charge in [-0.05, 0) is 52.1 Å². The molecule has 1 saturated heterocycles. The number of nitrogens with one attached hydrogen (secondary N) is 2. The number of hydrogen-bond donors (Lipinski definition) is 2. The Morgan fingerprint density at radius 2 is 1.91 bits per heavy atom. The third kappa shape index (κ3) is 4.83. The first-order valence-corrected chi connectivity index (χ1v) is 8.73. The van der Waals surface area contributed by atoms with Gasteiger partial charge in [-0.3, -0.25) is 4.79 Å². The topological polar surface area (TPSA) is 64.7 Å². The Bertz CT molecular complexity index is 446. The zero-order valence-electron chi connectivity index (χ0n) is 15.2. The molecule has 0 aromatic rings. The Kier molecular flexibility index (Phi) is 5.55. The SMILES string of the molecule is C[C@@H](NC(=O)N1CCC[C@@H]1C(=O)NC1CC1)C(C)(C)CN(C)C. The highest BCUT2D eigenvalue weighted by atomic mass is 16.2. The predicted molar refractivity (Wildman–Crippen MR) is 91.2 cm³/mol. The molecule has 2 rings (SSSR count). The highest BCUT2D eigenvalue weighted by Gasteiger charge is 2.38. The van der Waals surface area contributed by atoms with Gasteiger partial charge in [-0.1, -0.05) is 13.8 Å². The summed E-state index contributed by atoms with van der Waals surface area (Å²) in [5.41, 5.74) is -0.0371. The van der Waals surface area contributed by atoms with Gasteiger partial charge in [0.15, 0.2) is 0 Å². The molecule has 2 fully saturated rings. The number of urea groups is 1. The molecule has 132 valence electrons. The number of nitrogens with zero attached hydrogens (tertiary/aromatic N) is 2. The lowest BCUT2D eigenvalue weighted by Gasteiger charge is -2.36. The van der Waals surface area contributed by atoms with Crippen LogP contribution in [0.3, 0.4) is 0 Å². The van der Waals surface area contributed by atoms with E-state index in [9.17, 15) is 9.59 Å². The molecule has 0 aromatic heterocycles. The Hall–Kier alpha value is -1.30. The van der Waals surface area contributed by atoms with Crippen LogP contribution in [0.25, 0.3) is 0 Å². The van der Waals surface area contributed by atoms with Crippen LogP contribution < -0.4 is 10.6 Å². The largest absolute Gasteiger partial charge is 0.352 e. The summed E-state index contributed by atoms with van der Waals surface area (Å²) in [4.78, 5) is 28.8. The molecule has 23 heavy (non-hydrogen) atoms. The van der Waals surface area contributed by atoms with Crippen LogP contribution in [0.4, 0.5) is 4.79 Å². The standard InChI is InChI=1S/C17H32N4O2/c1-12(17(2,3)11-20(4)5)18-16(23)21-10-6-7-14(21)15(22)19-13-8-9-13/h12-14H,6-11H2,1-5H3,(H,18,23)(H,19,22)/t12-,14-/m1/s1. The third-order valence-electron chi connectivity index (χ3n) is 4.98. The quantitative estimate of drug-likeness (QED) is 0.776. The minimum atomic E-state index is -0.306. The lowest BCUT2D eigenvalue weighted by atomic mass is 9.85. The molecule has 2 aliphatic rings. The Morgan fingerprint density at radius 3 is 2.48 bits per heavy atom. The molecule has 0 aromatic carbocycles. The molecular weight excluding hydrogens is 292 g/mol. The van der Waals surface area contributed by atoms with Gasteiger partial charge in [0.1, 0.15) is 6.04 Å². The Morgan fingerprint density at radius 1 is 1.26 bits per heavy atom. The first-order chi connectivity index (χ1) is 10.7. The molecule has 1 saturated carbocycles. The second kappa shape index (κ2) is 7.07. The van der Waals surface area contributed by atoms with E-state index in [0.717, 1.165) is 32.2 Å². The van der Waals surface area contributed by atoms with Gasteiger partial charge in [-0.25, -0.2) is 4.79 Å². The number of carbonyl (C=O) groups is 2. The first kappa shape index (κ1) is 18.0. The summed E-state index contributed by atoms with van der Waals surface area (Å²) in [6.45, 7) is 7.89. The second-order valence-corrected chi connectivity index (χ2v) is 8.03. The fourth-order valence-electron chi connectivity index (χ4n) is 3.22. The Balaban J connectivity index is 1.91. The van der Waals surface area contributed by atoms with Gasteiger partial charge >= 0.3 is 6.03 Å². The zero-order chi connectivity index (χ0) is 17.2. The molecule has 2 N–H and O–H groups in total. The van der Waals surface area contributed by atoms with Crippen molar-refractivity contribution in [3.63, 3.8) is 0 Å². The van der Waals surface area contributed by atoms with Crippen molar-refractivity contribution in [2.45, 2.75) is 64.6 Å². The molecule has 0 bridgehead atoms. The number of hydrogen-bond acceptors (Lipinski definition) is 3. The normalized spacial score (nSPS) is 23.0.